The first-order valence-corrected chi connectivity index (χ1v) is 8.82. The Kier molecular flexibility index (Phi) is 6.64. The first-order chi connectivity index (χ1) is 11.5. The molecule has 1 aliphatic rings. The lowest BCUT2D eigenvalue weighted by molar-refractivity contribution is -0.132. The Morgan fingerprint density at radius 3 is 2.50 bits per heavy atom. The maximum Gasteiger partial charge on any atom is 0.260 e. The topological polar surface area (TPSA) is 58.6 Å². The minimum absolute atomic E-state index is 0.0183. The van der Waals surface area contributed by atoms with Crippen molar-refractivity contribution in [3.8, 4) is 5.75 Å². The van der Waals surface area contributed by atoms with E-state index in [1.165, 1.54) is 0 Å². The van der Waals surface area contributed by atoms with Crippen LogP contribution in [0.15, 0.2) is 24.3 Å². The molecular formula is C19H28N2O3. The molecule has 2 rings (SSSR count). The van der Waals surface area contributed by atoms with E-state index in [0.717, 1.165) is 37.9 Å². The van der Waals surface area contributed by atoms with E-state index in [1.807, 2.05) is 49.9 Å². The highest BCUT2D eigenvalue weighted by Crippen LogP contribution is 2.27. The van der Waals surface area contributed by atoms with Crippen LogP contribution in [0.3, 0.4) is 0 Å². The third-order valence-corrected chi connectivity index (χ3v) is 4.35. The van der Waals surface area contributed by atoms with Crippen LogP contribution in [0.4, 0.5) is 0 Å². The molecule has 0 radical (unpaired) electrons. The number of carbonyl (C=O) groups excluding carboxylic acids is 2. The van der Waals surface area contributed by atoms with Crippen LogP contribution in [0, 0.1) is 5.92 Å². The third kappa shape index (κ3) is 4.73. The standard InChI is InChI=1S/C19H28N2O3/c1-4-16(20-19(23)14(2)3)15-9-5-6-10-17(15)24-13-18(22)21-11-7-8-12-21/h5-6,9-10,14,16H,4,7-8,11-13H2,1-3H3,(H,20,23). The lowest BCUT2D eigenvalue weighted by atomic mass is 10.0. The molecule has 2 amide bonds. The molecule has 5 heteroatoms. The summed E-state index contributed by atoms with van der Waals surface area (Å²) >= 11 is 0. The molecule has 0 spiro atoms. The molecule has 1 fully saturated rings. The summed E-state index contributed by atoms with van der Waals surface area (Å²) in [4.78, 5) is 26.0. The summed E-state index contributed by atoms with van der Waals surface area (Å²) in [6, 6.07) is 7.50. The van der Waals surface area contributed by atoms with Gasteiger partial charge in [-0.15, -0.1) is 0 Å². The van der Waals surface area contributed by atoms with Crippen LogP contribution in [-0.4, -0.2) is 36.4 Å². The molecule has 24 heavy (non-hydrogen) atoms. The van der Waals surface area contributed by atoms with E-state index < -0.39 is 0 Å². The van der Waals surface area contributed by atoms with Crippen molar-refractivity contribution >= 4 is 11.8 Å². The first-order valence-electron chi connectivity index (χ1n) is 8.82. The lowest BCUT2D eigenvalue weighted by Crippen LogP contribution is -2.33. The zero-order chi connectivity index (χ0) is 17.5. The van der Waals surface area contributed by atoms with Crippen LogP contribution < -0.4 is 10.1 Å². The van der Waals surface area contributed by atoms with Crippen molar-refractivity contribution in [2.75, 3.05) is 19.7 Å². The van der Waals surface area contributed by atoms with Gasteiger partial charge in [-0.1, -0.05) is 39.0 Å². The molecule has 132 valence electrons. The van der Waals surface area contributed by atoms with Crippen molar-refractivity contribution in [1.82, 2.24) is 10.2 Å². The first kappa shape index (κ1) is 18.3. The lowest BCUT2D eigenvalue weighted by Gasteiger charge is -2.22. The molecule has 0 saturated carbocycles. The average molecular weight is 332 g/mol. The number of nitrogens with one attached hydrogen (secondary N) is 1. The van der Waals surface area contributed by atoms with E-state index in [2.05, 4.69) is 5.32 Å². The van der Waals surface area contributed by atoms with Crippen molar-refractivity contribution in [3.63, 3.8) is 0 Å². The van der Waals surface area contributed by atoms with Gasteiger partial charge >= 0.3 is 0 Å². The average Bonchev–Trinajstić information content (AvgIpc) is 3.12. The second kappa shape index (κ2) is 8.71. The molecule has 1 aromatic rings. The van der Waals surface area contributed by atoms with Gasteiger partial charge in [0.25, 0.3) is 5.91 Å². The number of rotatable bonds is 7. The number of para-hydroxylation sites is 1. The molecule has 5 nitrogen and oxygen atoms in total. The Morgan fingerprint density at radius 1 is 1.21 bits per heavy atom. The fraction of sp³-hybridized carbons (Fsp3) is 0.579. The molecule has 1 aliphatic heterocycles. The number of carbonyl (C=O) groups is 2. The Hall–Kier alpha value is -2.04. The van der Waals surface area contributed by atoms with Crippen LogP contribution in [-0.2, 0) is 9.59 Å². The minimum atomic E-state index is -0.113. The fourth-order valence-corrected chi connectivity index (χ4v) is 2.84. The molecule has 0 bridgehead atoms. The molecule has 1 atom stereocenters. The smallest absolute Gasteiger partial charge is 0.260 e. The predicted octanol–water partition coefficient (Wildman–Crippen LogP) is 2.91. The summed E-state index contributed by atoms with van der Waals surface area (Å²) < 4.78 is 5.79. The van der Waals surface area contributed by atoms with E-state index in [-0.39, 0.29) is 30.4 Å². The number of nitrogens with zero attached hydrogens (tertiary/aromatic N) is 1. The highest BCUT2D eigenvalue weighted by atomic mass is 16.5. The summed E-state index contributed by atoms with van der Waals surface area (Å²) in [6.07, 6.45) is 2.90. The molecule has 1 saturated heterocycles. The zero-order valence-electron chi connectivity index (χ0n) is 14.9. The number of hydrogen-bond donors (Lipinski definition) is 1. The predicted molar refractivity (Wildman–Crippen MR) is 93.8 cm³/mol. The Bertz CT molecular complexity index is 565. The monoisotopic (exact) mass is 332 g/mol. The number of benzene rings is 1. The molecule has 1 N–H and O–H groups in total. The maximum atomic E-state index is 12.2. The van der Waals surface area contributed by atoms with Crippen LogP contribution >= 0.6 is 0 Å². The Labute approximate surface area is 144 Å². The summed E-state index contributed by atoms with van der Waals surface area (Å²) in [5.74, 6) is 0.649. The van der Waals surface area contributed by atoms with Gasteiger partial charge in [-0.3, -0.25) is 9.59 Å². The van der Waals surface area contributed by atoms with Gasteiger partial charge in [0.15, 0.2) is 6.61 Å². The third-order valence-electron chi connectivity index (χ3n) is 4.35. The molecule has 0 aliphatic carbocycles. The normalized spacial score (nSPS) is 15.4. The number of hydrogen-bond acceptors (Lipinski definition) is 3. The van der Waals surface area contributed by atoms with Gasteiger partial charge in [0.1, 0.15) is 5.75 Å². The number of ether oxygens (including phenoxy) is 1. The number of likely N-dealkylation sites (tertiary alicyclic amines) is 1. The molecular weight excluding hydrogens is 304 g/mol. The maximum absolute atomic E-state index is 12.2. The van der Waals surface area contributed by atoms with Crippen molar-refractivity contribution < 1.29 is 14.3 Å². The highest BCUT2D eigenvalue weighted by Gasteiger charge is 2.21. The quantitative estimate of drug-likeness (QED) is 0.835. The summed E-state index contributed by atoms with van der Waals surface area (Å²) in [7, 11) is 0. The second-order valence-corrected chi connectivity index (χ2v) is 6.54. The summed E-state index contributed by atoms with van der Waals surface area (Å²) in [6.45, 7) is 7.47. The van der Waals surface area contributed by atoms with E-state index >= 15 is 0 Å². The van der Waals surface area contributed by atoms with Gasteiger partial charge in [0.2, 0.25) is 5.91 Å². The zero-order valence-corrected chi connectivity index (χ0v) is 14.9. The fourth-order valence-electron chi connectivity index (χ4n) is 2.84. The largest absolute Gasteiger partial charge is 0.483 e. The SMILES string of the molecule is CCC(NC(=O)C(C)C)c1ccccc1OCC(=O)N1CCCC1. The summed E-state index contributed by atoms with van der Waals surface area (Å²) in [5.41, 5.74) is 0.920. The molecule has 1 unspecified atom stereocenters. The van der Waals surface area contributed by atoms with Crippen LogP contribution in [0.1, 0.15) is 51.6 Å². The van der Waals surface area contributed by atoms with Gasteiger partial charge in [-0.05, 0) is 25.3 Å². The van der Waals surface area contributed by atoms with Gasteiger partial charge < -0.3 is 15.0 Å². The Morgan fingerprint density at radius 2 is 1.88 bits per heavy atom. The summed E-state index contributed by atoms with van der Waals surface area (Å²) in [5, 5.41) is 3.05. The Balaban J connectivity index is 2.04. The van der Waals surface area contributed by atoms with E-state index in [4.69, 9.17) is 4.74 Å². The van der Waals surface area contributed by atoms with Crippen molar-refractivity contribution in [2.24, 2.45) is 5.92 Å². The molecule has 0 aromatic heterocycles. The van der Waals surface area contributed by atoms with Gasteiger partial charge in [0, 0.05) is 24.6 Å². The molecule has 1 heterocycles. The van der Waals surface area contributed by atoms with E-state index in [9.17, 15) is 9.59 Å². The van der Waals surface area contributed by atoms with Gasteiger partial charge in [-0.2, -0.15) is 0 Å². The van der Waals surface area contributed by atoms with Crippen molar-refractivity contribution in [3.05, 3.63) is 29.8 Å². The highest BCUT2D eigenvalue weighted by molar-refractivity contribution is 5.79. The second-order valence-electron chi connectivity index (χ2n) is 6.54. The van der Waals surface area contributed by atoms with E-state index in [0.29, 0.717) is 5.75 Å². The van der Waals surface area contributed by atoms with Crippen molar-refractivity contribution in [1.29, 1.82) is 0 Å². The van der Waals surface area contributed by atoms with Crippen LogP contribution in [0.25, 0.3) is 0 Å². The molecule has 1 aromatic carbocycles. The van der Waals surface area contributed by atoms with Crippen LogP contribution in [0.2, 0.25) is 0 Å². The van der Waals surface area contributed by atoms with Gasteiger partial charge in [0.05, 0.1) is 6.04 Å². The van der Waals surface area contributed by atoms with Crippen LogP contribution in [0.5, 0.6) is 5.75 Å². The van der Waals surface area contributed by atoms with E-state index in [1.54, 1.807) is 0 Å². The number of amides is 2. The van der Waals surface area contributed by atoms with Crippen molar-refractivity contribution in [2.45, 2.75) is 46.1 Å². The van der Waals surface area contributed by atoms with Gasteiger partial charge in [-0.25, -0.2) is 0 Å². The minimum Gasteiger partial charge on any atom is -0.483 e.